The zero-order valence-electron chi connectivity index (χ0n) is 36.4. The van der Waals surface area contributed by atoms with Crippen LogP contribution in [-0.2, 0) is 5.41 Å². The van der Waals surface area contributed by atoms with Crippen LogP contribution in [0.5, 0.6) is 0 Å². The van der Waals surface area contributed by atoms with E-state index in [0.29, 0.717) is 5.92 Å². The first-order valence-electron chi connectivity index (χ1n) is 22.8. The van der Waals surface area contributed by atoms with Crippen molar-refractivity contribution in [2.45, 2.75) is 65.7 Å². The topological polar surface area (TPSA) is 0 Å². The molecule has 8 aliphatic rings. The molecule has 61 heavy (non-hydrogen) atoms. The molecular weight excluding hydrogens is 733 g/mol. The third-order valence-corrected chi connectivity index (χ3v) is 15.0. The van der Waals surface area contributed by atoms with Crippen molar-refractivity contribution < 1.29 is 0 Å². The Hall–Kier alpha value is -5.98. The van der Waals surface area contributed by atoms with E-state index in [1.54, 1.807) is 5.57 Å². The van der Waals surface area contributed by atoms with Crippen molar-refractivity contribution in [2.24, 2.45) is 29.1 Å². The van der Waals surface area contributed by atoms with E-state index in [-0.39, 0.29) is 28.6 Å². The molecule has 4 unspecified atom stereocenters. The fraction of sp³-hybridized carbons (Fsp3) is 0.246. The molecule has 11 rings (SSSR count). The molecule has 0 N–H and O–H groups in total. The Kier molecular flexibility index (Phi) is 9.08. The van der Waals surface area contributed by atoms with Crippen LogP contribution in [0.4, 0.5) is 0 Å². The molecule has 0 aliphatic heterocycles. The van der Waals surface area contributed by atoms with Gasteiger partial charge in [-0.25, -0.2) is 0 Å². The van der Waals surface area contributed by atoms with Crippen LogP contribution in [0.1, 0.15) is 77.0 Å². The second kappa shape index (κ2) is 14.6. The fourth-order valence-electron chi connectivity index (χ4n) is 12.2. The van der Waals surface area contributed by atoms with Gasteiger partial charge in [0.05, 0.1) is 0 Å². The van der Waals surface area contributed by atoms with Crippen molar-refractivity contribution in [2.75, 3.05) is 0 Å². The lowest BCUT2D eigenvalue weighted by Crippen LogP contribution is -2.40. The highest BCUT2D eigenvalue weighted by Gasteiger charge is 2.38. The van der Waals surface area contributed by atoms with Crippen molar-refractivity contribution in [1.82, 2.24) is 0 Å². The minimum absolute atomic E-state index is 0.0717. The van der Waals surface area contributed by atoms with Gasteiger partial charge in [-0.2, -0.15) is 0 Å². The first kappa shape index (κ1) is 38.0. The standard InChI is InChI=1S/C61H56/c1-39-38-61(4,5)55-37-44(32-33-45(39)55)59-52-28-15-11-24-48(52)57(49-25-12-16-29-53(49)59)42-21-17-20-40-30-31-43(36-54(40)60(2,3)35-34-42)58-50-26-13-9-22-46(50)56(41-18-7-6-8-19-41)47-23-10-14-27-51(47)58/h6-7,9-18,20-31,34-38,46,48,50,52H,8,19,32-33H2,1-5H3. The molecule has 0 saturated heterocycles. The zero-order chi connectivity index (χ0) is 41.5. The number of allylic oxidation sites excluding steroid dienone is 23. The molecule has 0 heterocycles. The summed E-state index contributed by atoms with van der Waals surface area (Å²) in [5, 5.41) is 5.53. The van der Waals surface area contributed by atoms with E-state index in [4.69, 9.17) is 0 Å². The second-order valence-corrected chi connectivity index (χ2v) is 19.5. The maximum Gasteiger partial charge on any atom is 0.0137 e. The minimum Gasteiger partial charge on any atom is -0.0842 e. The SMILES string of the molecule is CC1=CC(C)(C)C2=C1CCC(C1=c3ccccc3=C(C3=CC=Cc4ccc(C5=c6ccccc6=C(C6=CC=CCC6)C6C=CC=CC56)cc4C(C)(C)C=C3)C3C=CC=CC13)=C2. The normalized spacial score (nSPS) is 26.2. The molecule has 3 aromatic rings. The lowest BCUT2D eigenvalue weighted by Gasteiger charge is -2.36. The van der Waals surface area contributed by atoms with Crippen LogP contribution in [0.25, 0.3) is 28.4 Å². The van der Waals surface area contributed by atoms with Crippen molar-refractivity contribution in [3.63, 3.8) is 0 Å². The first-order chi connectivity index (χ1) is 29.7. The van der Waals surface area contributed by atoms with Gasteiger partial charge < -0.3 is 0 Å². The van der Waals surface area contributed by atoms with Crippen molar-refractivity contribution in [1.29, 1.82) is 0 Å². The molecule has 0 bridgehead atoms. The Morgan fingerprint density at radius 1 is 0.541 bits per heavy atom. The molecule has 3 aromatic carbocycles. The van der Waals surface area contributed by atoms with Crippen LogP contribution in [0.2, 0.25) is 0 Å². The summed E-state index contributed by atoms with van der Waals surface area (Å²) in [5.41, 5.74) is 18.6. The average Bonchev–Trinajstić information content (AvgIpc) is 3.55. The maximum atomic E-state index is 2.58. The van der Waals surface area contributed by atoms with Crippen molar-refractivity contribution in [3.8, 4) is 0 Å². The molecule has 0 saturated carbocycles. The summed E-state index contributed by atoms with van der Waals surface area (Å²) in [5.74, 6) is 1.13. The summed E-state index contributed by atoms with van der Waals surface area (Å²) in [6.45, 7) is 11.9. The smallest absolute Gasteiger partial charge is 0.0137 e. The third-order valence-electron chi connectivity index (χ3n) is 15.0. The molecule has 0 nitrogen and oxygen atoms in total. The highest BCUT2D eigenvalue weighted by molar-refractivity contribution is 5.85. The zero-order valence-corrected chi connectivity index (χ0v) is 36.4. The van der Waals surface area contributed by atoms with E-state index >= 15 is 0 Å². The van der Waals surface area contributed by atoms with E-state index in [9.17, 15) is 0 Å². The van der Waals surface area contributed by atoms with Gasteiger partial charge in [-0.3, -0.25) is 0 Å². The van der Waals surface area contributed by atoms with Gasteiger partial charge in [-0.1, -0.05) is 203 Å². The fourth-order valence-corrected chi connectivity index (χ4v) is 12.2. The average molecular weight is 789 g/mol. The Balaban J connectivity index is 1.04. The van der Waals surface area contributed by atoms with Gasteiger partial charge in [0, 0.05) is 34.5 Å². The number of hydrogen-bond acceptors (Lipinski definition) is 0. The number of hydrogen-bond donors (Lipinski definition) is 0. The summed E-state index contributed by atoms with van der Waals surface area (Å²) in [7, 11) is 0. The molecular formula is C61H56. The van der Waals surface area contributed by atoms with Crippen LogP contribution in [0.3, 0.4) is 0 Å². The summed E-state index contributed by atoms with van der Waals surface area (Å²) in [4.78, 5) is 0. The van der Waals surface area contributed by atoms with Crippen LogP contribution < -0.4 is 20.9 Å². The Labute approximate surface area is 362 Å². The molecule has 0 spiro atoms. The summed E-state index contributed by atoms with van der Waals surface area (Å²) >= 11 is 0. The van der Waals surface area contributed by atoms with E-state index in [1.165, 1.54) is 87.7 Å². The minimum atomic E-state index is -0.224. The molecule has 0 aromatic heterocycles. The molecule has 0 heteroatoms. The van der Waals surface area contributed by atoms with E-state index in [1.807, 2.05) is 0 Å². The van der Waals surface area contributed by atoms with Gasteiger partial charge in [-0.15, -0.1) is 0 Å². The van der Waals surface area contributed by atoms with E-state index in [2.05, 4.69) is 211 Å². The Morgan fingerprint density at radius 3 is 1.80 bits per heavy atom. The predicted octanol–water partition coefficient (Wildman–Crippen LogP) is 11.8. The van der Waals surface area contributed by atoms with Crippen LogP contribution >= 0.6 is 0 Å². The third kappa shape index (κ3) is 6.24. The molecule has 0 fully saturated rings. The monoisotopic (exact) mass is 788 g/mol. The summed E-state index contributed by atoms with van der Waals surface area (Å²) in [6, 6.07) is 25.8. The predicted molar refractivity (Wildman–Crippen MR) is 259 cm³/mol. The van der Waals surface area contributed by atoms with Crippen molar-refractivity contribution >= 4 is 28.4 Å². The lowest BCUT2D eigenvalue weighted by atomic mass is 9.67. The van der Waals surface area contributed by atoms with E-state index in [0.717, 1.165) is 25.7 Å². The molecule has 300 valence electrons. The lowest BCUT2D eigenvalue weighted by molar-refractivity contribution is 0.596. The van der Waals surface area contributed by atoms with Crippen LogP contribution in [0.15, 0.2) is 203 Å². The maximum absolute atomic E-state index is 2.58. The summed E-state index contributed by atoms with van der Waals surface area (Å²) in [6.07, 6.45) is 47.3. The Bertz CT molecular complexity index is 3080. The number of benzene rings is 3. The first-order valence-corrected chi connectivity index (χ1v) is 22.8. The van der Waals surface area contributed by atoms with Gasteiger partial charge in [0.15, 0.2) is 0 Å². The largest absolute Gasteiger partial charge is 0.0842 e. The highest BCUT2D eigenvalue weighted by atomic mass is 14.4. The van der Waals surface area contributed by atoms with Gasteiger partial charge in [0.1, 0.15) is 0 Å². The van der Waals surface area contributed by atoms with Gasteiger partial charge >= 0.3 is 0 Å². The van der Waals surface area contributed by atoms with Gasteiger partial charge in [0.2, 0.25) is 0 Å². The van der Waals surface area contributed by atoms with E-state index < -0.39 is 0 Å². The van der Waals surface area contributed by atoms with Crippen LogP contribution in [-0.4, -0.2) is 0 Å². The quantitative estimate of drug-likeness (QED) is 0.247. The van der Waals surface area contributed by atoms with Gasteiger partial charge in [-0.05, 0) is 126 Å². The summed E-state index contributed by atoms with van der Waals surface area (Å²) < 4.78 is 0. The molecule has 8 aliphatic carbocycles. The Morgan fingerprint density at radius 2 is 1.15 bits per heavy atom. The van der Waals surface area contributed by atoms with Crippen LogP contribution in [0, 0.1) is 29.1 Å². The number of fused-ring (bicyclic) bond motifs is 5. The van der Waals surface area contributed by atoms with Gasteiger partial charge in [0.25, 0.3) is 0 Å². The number of rotatable bonds is 4. The molecule has 0 amide bonds. The highest BCUT2D eigenvalue weighted by Crippen LogP contribution is 2.50. The molecule has 4 atom stereocenters. The van der Waals surface area contributed by atoms with Crippen molar-refractivity contribution in [3.05, 3.63) is 241 Å². The molecule has 0 radical (unpaired) electrons. The second-order valence-electron chi connectivity index (χ2n) is 19.5.